The topological polar surface area (TPSA) is 93.7 Å². The highest BCUT2D eigenvalue weighted by atomic mass is 16.7. The molecule has 7 nitrogen and oxygen atoms in total. The Kier molecular flexibility index (Phi) is 4.43. The van der Waals surface area contributed by atoms with Crippen molar-refractivity contribution in [3.05, 3.63) is 82.9 Å². The van der Waals surface area contributed by atoms with Gasteiger partial charge in [-0.15, -0.1) is 0 Å². The maximum atomic E-state index is 12.9. The fourth-order valence-corrected chi connectivity index (χ4v) is 3.73. The summed E-state index contributed by atoms with van der Waals surface area (Å²) in [7, 11) is 0. The average molecular weight is 414 g/mol. The van der Waals surface area contributed by atoms with E-state index in [1.807, 2.05) is 0 Å². The van der Waals surface area contributed by atoms with Crippen molar-refractivity contribution in [1.29, 1.82) is 0 Å². The van der Waals surface area contributed by atoms with E-state index in [2.05, 4.69) is 10.6 Å². The monoisotopic (exact) mass is 414 g/mol. The summed E-state index contributed by atoms with van der Waals surface area (Å²) in [4.78, 5) is 38.3. The second-order valence-electron chi connectivity index (χ2n) is 7.39. The number of ketones is 2. The minimum absolute atomic E-state index is 0.179. The lowest BCUT2D eigenvalue weighted by Crippen LogP contribution is -2.32. The first-order valence-electron chi connectivity index (χ1n) is 9.81. The molecular formula is C24H18N2O5. The zero-order chi connectivity index (χ0) is 21.5. The van der Waals surface area contributed by atoms with Crippen molar-refractivity contribution in [3.8, 4) is 11.5 Å². The number of carbonyl (C=O) groups is 3. The molecule has 2 aliphatic rings. The Labute approximate surface area is 178 Å². The first kappa shape index (κ1) is 18.9. The van der Waals surface area contributed by atoms with Crippen molar-refractivity contribution in [2.24, 2.45) is 0 Å². The van der Waals surface area contributed by atoms with Gasteiger partial charge < -0.3 is 20.1 Å². The molecule has 0 aromatic heterocycles. The van der Waals surface area contributed by atoms with Crippen LogP contribution in [0.1, 0.15) is 38.8 Å². The number of benzene rings is 3. The number of fused-ring (bicyclic) bond motifs is 3. The van der Waals surface area contributed by atoms with Gasteiger partial charge in [0, 0.05) is 39.7 Å². The van der Waals surface area contributed by atoms with E-state index in [1.54, 1.807) is 67.6 Å². The average Bonchev–Trinajstić information content (AvgIpc) is 3.25. The summed E-state index contributed by atoms with van der Waals surface area (Å²) < 4.78 is 10.6. The molecule has 3 aromatic rings. The SMILES string of the molecule is C[C@H](Nc1ccc2c(c1)OCO2)C(=O)Nc1ccc2c(c1)C(=O)c1ccccc1C2=O. The van der Waals surface area contributed by atoms with Crippen LogP contribution in [0.25, 0.3) is 0 Å². The number of hydrogen-bond acceptors (Lipinski definition) is 6. The molecule has 1 heterocycles. The largest absolute Gasteiger partial charge is 0.454 e. The Balaban J connectivity index is 1.33. The first-order valence-corrected chi connectivity index (χ1v) is 9.81. The van der Waals surface area contributed by atoms with Crippen molar-refractivity contribution in [3.63, 3.8) is 0 Å². The van der Waals surface area contributed by atoms with Crippen LogP contribution >= 0.6 is 0 Å². The van der Waals surface area contributed by atoms with Gasteiger partial charge >= 0.3 is 0 Å². The van der Waals surface area contributed by atoms with Gasteiger partial charge in [0.2, 0.25) is 12.7 Å². The van der Waals surface area contributed by atoms with Crippen molar-refractivity contribution >= 4 is 28.8 Å². The second-order valence-corrected chi connectivity index (χ2v) is 7.39. The summed E-state index contributed by atoms with van der Waals surface area (Å²) in [5.41, 5.74) is 2.57. The Bertz CT molecular complexity index is 1250. The van der Waals surface area contributed by atoms with E-state index in [-0.39, 0.29) is 29.8 Å². The predicted octanol–water partition coefficient (Wildman–Crippen LogP) is 3.63. The van der Waals surface area contributed by atoms with Crippen molar-refractivity contribution < 1.29 is 23.9 Å². The molecule has 0 saturated heterocycles. The zero-order valence-electron chi connectivity index (χ0n) is 16.6. The molecule has 0 fully saturated rings. The Morgan fingerprint density at radius 3 is 2.23 bits per heavy atom. The van der Waals surface area contributed by atoms with Crippen LogP contribution in [0, 0.1) is 0 Å². The van der Waals surface area contributed by atoms with Crippen LogP contribution in [0.2, 0.25) is 0 Å². The summed E-state index contributed by atoms with van der Waals surface area (Å²) in [6, 6.07) is 16.3. The highest BCUT2D eigenvalue weighted by Gasteiger charge is 2.29. The molecule has 154 valence electrons. The van der Waals surface area contributed by atoms with Crippen LogP contribution in [0.5, 0.6) is 11.5 Å². The van der Waals surface area contributed by atoms with Gasteiger partial charge in [-0.1, -0.05) is 24.3 Å². The van der Waals surface area contributed by atoms with E-state index < -0.39 is 6.04 Å². The van der Waals surface area contributed by atoms with Gasteiger partial charge in [-0.2, -0.15) is 0 Å². The van der Waals surface area contributed by atoms with Crippen LogP contribution in [-0.2, 0) is 4.79 Å². The standard InChI is InChI=1S/C24H18N2O5/c1-13(25-15-7-9-20-21(11-15)31-12-30-20)24(29)26-14-6-8-18-19(10-14)23(28)17-5-3-2-4-16(17)22(18)27/h2-11,13,25H,12H2,1H3,(H,26,29)/t13-/m0/s1. The molecular weight excluding hydrogens is 396 g/mol. The normalized spacial score (nSPS) is 14.5. The van der Waals surface area contributed by atoms with Gasteiger partial charge in [0.25, 0.3) is 0 Å². The van der Waals surface area contributed by atoms with Crippen LogP contribution < -0.4 is 20.1 Å². The maximum Gasteiger partial charge on any atom is 0.246 e. The molecule has 31 heavy (non-hydrogen) atoms. The molecule has 1 atom stereocenters. The molecule has 1 aliphatic carbocycles. The minimum atomic E-state index is -0.561. The van der Waals surface area contributed by atoms with E-state index in [0.717, 1.165) is 5.69 Å². The molecule has 0 unspecified atom stereocenters. The van der Waals surface area contributed by atoms with Gasteiger partial charge in [-0.05, 0) is 37.3 Å². The van der Waals surface area contributed by atoms with E-state index in [0.29, 0.717) is 33.9 Å². The molecule has 0 radical (unpaired) electrons. The third kappa shape index (κ3) is 3.30. The number of carbonyl (C=O) groups excluding carboxylic acids is 3. The van der Waals surface area contributed by atoms with Crippen LogP contribution in [0.15, 0.2) is 60.7 Å². The summed E-state index contributed by atoms with van der Waals surface area (Å²) in [5, 5.41) is 5.92. The summed E-state index contributed by atoms with van der Waals surface area (Å²) >= 11 is 0. The van der Waals surface area contributed by atoms with Crippen LogP contribution in [-0.4, -0.2) is 30.3 Å². The lowest BCUT2D eigenvalue weighted by Gasteiger charge is -2.19. The zero-order valence-corrected chi connectivity index (χ0v) is 16.6. The molecule has 7 heteroatoms. The summed E-state index contributed by atoms with van der Waals surface area (Å²) in [6.45, 7) is 1.90. The highest BCUT2D eigenvalue weighted by Crippen LogP contribution is 2.34. The van der Waals surface area contributed by atoms with Gasteiger partial charge in [0.15, 0.2) is 23.1 Å². The fraction of sp³-hybridized carbons (Fsp3) is 0.125. The fourth-order valence-electron chi connectivity index (χ4n) is 3.73. The number of hydrogen-bond donors (Lipinski definition) is 2. The molecule has 0 spiro atoms. The van der Waals surface area contributed by atoms with Crippen LogP contribution in [0.4, 0.5) is 11.4 Å². The highest BCUT2D eigenvalue weighted by molar-refractivity contribution is 6.28. The first-order chi connectivity index (χ1) is 15.0. The number of rotatable bonds is 4. The second kappa shape index (κ2) is 7.28. The molecule has 1 amide bonds. The molecule has 5 rings (SSSR count). The number of ether oxygens (including phenoxy) is 2. The molecule has 1 aliphatic heterocycles. The Hall–Kier alpha value is -4.13. The predicted molar refractivity (Wildman–Crippen MR) is 114 cm³/mol. The number of amides is 1. The molecule has 3 aromatic carbocycles. The lowest BCUT2D eigenvalue weighted by molar-refractivity contribution is -0.116. The van der Waals surface area contributed by atoms with Gasteiger partial charge in [0.05, 0.1) is 0 Å². The van der Waals surface area contributed by atoms with Gasteiger partial charge in [0.1, 0.15) is 6.04 Å². The van der Waals surface area contributed by atoms with Crippen molar-refractivity contribution in [2.45, 2.75) is 13.0 Å². The lowest BCUT2D eigenvalue weighted by atomic mass is 9.84. The third-order valence-corrected chi connectivity index (χ3v) is 5.34. The third-order valence-electron chi connectivity index (χ3n) is 5.34. The summed E-state index contributed by atoms with van der Waals surface area (Å²) in [5.74, 6) is 0.578. The van der Waals surface area contributed by atoms with Gasteiger partial charge in [-0.3, -0.25) is 14.4 Å². The maximum absolute atomic E-state index is 12.9. The van der Waals surface area contributed by atoms with E-state index in [9.17, 15) is 14.4 Å². The Morgan fingerprint density at radius 1 is 0.806 bits per heavy atom. The quantitative estimate of drug-likeness (QED) is 0.530. The van der Waals surface area contributed by atoms with E-state index >= 15 is 0 Å². The molecule has 0 saturated carbocycles. The molecule has 2 N–H and O–H groups in total. The van der Waals surface area contributed by atoms with Gasteiger partial charge in [-0.25, -0.2) is 0 Å². The molecule has 0 bridgehead atoms. The summed E-state index contributed by atoms with van der Waals surface area (Å²) in [6.07, 6.45) is 0. The number of anilines is 2. The van der Waals surface area contributed by atoms with E-state index in [4.69, 9.17) is 9.47 Å². The van der Waals surface area contributed by atoms with Crippen molar-refractivity contribution in [1.82, 2.24) is 0 Å². The Morgan fingerprint density at radius 2 is 1.45 bits per heavy atom. The smallest absolute Gasteiger partial charge is 0.246 e. The van der Waals surface area contributed by atoms with Crippen LogP contribution in [0.3, 0.4) is 0 Å². The van der Waals surface area contributed by atoms with E-state index in [1.165, 1.54) is 0 Å². The minimum Gasteiger partial charge on any atom is -0.454 e. The van der Waals surface area contributed by atoms with Crippen molar-refractivity contribution in [2.75, 3.05) is 17.4 Å². The number of nitrogens with one attached hydrogen (secondary N) is 2.